The molecule has 1 aliphatic rings. The van der Waals surface area contributed by atoms with Crippen molar-refractivity contribution in [1.82, 2.24) is 25.0 Å². The third kappa shape index (κ3) is 4.30. The maximum absolute atomic E-state index is 12.6. The summed E-state index contributed by atoms with van der Waals surface area (Å²) in [6, 6.07) is 17.8. The summed E-state index contributed by atoms with van der Waals surface area (Å²) < 4.78 is 7.77. The van der Waals surface area contributed by atoms with Gasteiger partial charge in [-0.1, -0.05) is 30.3 Å². The normalized spacial score (nSPS) is 14.8. The molecular weight excluding hydrogens is 390 g/mol. The summed E-state index contributed by atoms with van der Waals surface area (Å²) in [5.41, 5.74) is 3.85. The Hall–Kier alpha value is -3.61. The molecule has 1 N–H and O–H groups in total. The van der Waals surface area contributed by atoms with E-state index in [1.54, 1.807) is 0 Å². The van der Waals surface area contributed by atoms with E-state index < -0.39 is 0 Å². The van der Waals surface area contributed by atoms with E-state index in [4.69, 9.17) is 4.42 Å². The number of hydrogen-bond donors (Lipinski definition) is 1. The van der Waals surface area contributed by atoms with Crippen molar-refractivity contribution in [3.8, 4) is 5.69 Å². The van der Waals surface area contributed by atoms with Crippen LogP contribution in [0.3, 0.4) is 0 Å². The van der Waals surface area contributed by atoms with Gasteiger partial charge in [-0.05, 0) is 49.1 Å². The van der Waals surface area contributed by atoms with Crippen LogP contribution >= 0.6 is 0 Å². The Morgan fingerprint density at radius 2 is 1.84 bits per heavy atom. The summed E-state index contributed by atoms with van der Waals surface area (Å²) in [5.74, 6) is 1.05. The predicted molar refractivity (Wildman–Crippen MR) is 118 cm³/mol. The highest BCUT2D eigenvalue weighted by Gasteiger charge is 2.26. The van der Waals surface area contributed by atoms with Crippen molar-refractivity contribution >= 4 is 17.1 Å². The molecule has 0 atom stereocenters. The first-order valence-electron chi connectivity index (χ1n) is 10.7. The predicted octanol–water partition coefficient (Wildman–Crippen LogP) is 4.15. The zero-order valence-corrected chi connectivity index (χ0v) is 17.3. The average molecular weight is 415 g/mol. The number of fused-ring (bicyclic) bond motifs is 1. The minimum atomic E-state index is -0.00790. The molecule has 0 bridgehead atoms. The molecule has 31 heavy (non-hydrogen) atoms. The number of benzene rings is 2. The van der Waals surface area contributed by atoms with Crippen LogP contribution in [0.1, 0.15) is 30.2 Å². The van der Waals surface area contributed by atoms with Crippen molar-refractivity contribution in [2.75, 3.05) is 19.6 Å². The van der Waals surface area contributed by atoms with Crippen molar-refractivity contribution in [3.63, 3.8) is 0 Å². The monoisotopic (exact) mass is 415 g/mol. The molecular formula is C24H25N5O2. The molecule has 0 spiro atoms. The minimum absolute atomic E-state index is 0.00790. The number of carbonyl (C=O) groups is 1. The molecule has 4 aromatic rings. The fraction of sp³-hybridized carbons (Fsp3) is 0.292. The van der Waals surface area contributed by atoms with Crippen molar-refractivity contribution in [2.24, 2.45) is 0 Å². The second-order valence-electron chi connectivity index (χ2n) is 7.89. The number of amides is 2. The zero-order chi connectivity index (χ0) is 21.0. The molecule has 1 aliphatic heterocycles. The van der Waals surface area contributed by atoms with Crippen LogP contribution < -0.4 is 5.32 Å². The first-order valence-corrected chi connectivity index (χ1v) is 10.7. The van der Waals surface area contributed by atoms with E-state index in [2.05, 4.69) is 15.4 Å². The zero-order valence-electron chi connectivity index (χ0n) is 17.3. The minimum Gasteiger partial charge on any atom is -0.440 e. The van der Waals surface area contributed by atoms with Gasteiger partial charge in [0.15, 0.2) is 11.5 Å². The van der Waals surface area contributed by atoms with Gasteiger partial charge in [0.25, 0.3) is 0 Å². The molecule has 0 saturated carbocycles. The van der Waals surface area contributed by atoms with E-state index in [-0.39, 0.29) is 11.9 Å². The molecule has 7 nitrogen and oxygen atoms in total. The van der Waals surface area contributed by atoms with Crippen LogP contribution in [0, 0.1) is 0 Å². The third-order valence-corrected chi connectivity index (χ3v) is 5.79. The van der Waals surface area contributed by atoms with E-state index in [0.717, 1.165) is 47.5 Å². The standard InChI is InChI=1S/C24H25N5O2/c30-24(25-13-10-18-16-26-29(17-18)20-6-2-1-3-7-20)28-14-11-19(12-15-28)23-27-21-8-4-5-9-22(21)31-23/h1-9,16-17,19H,10-15H2,(H,25,30). The molecule has 7 heteroatoms. The molecule has 158 valence electrons. The largest absolute Gasteiger partial charge is 0.440 e. The van der Waals surface area contributed by atoms with E-state index in [0.29, 0.717) is 19.6 Å². The fourth-order valence-electron chi connectivity index (χ4n) is 4.03. The van der Waals surface area contributed by atoms with Gasteiger partial charge in [0.1, 0.15) is 5.52 Å². The second kappa shape index (κ2) is 8.63. The number of piperidine rings is 1. The molecule has 0 aliphatic carbocycles. The summed E-state index contributed by atoms with van der Waals surface area (Å²) in [6.07, 6.45) is 6.34. The molecule has 2 aromatic carbocycles. The number of carbonyl (C=O) groups excluding carboxylic acids is 1. The maximum atomic E-state index is 12.6. The van der Waals surface area contributed by atoms with E-state index >= 15 is 0 Å². The van der Waals surface area contributed by atoms with Gasteiger partial charge >= 0.3 is 6.03 Å². The molecule has 0 unspecified atom stereocenters. The summed E-state index contributed by atoms with van der Waals surface area (Å²) in [7, 11) is 0. The SMILES string of the molecule is O=C(NCCc1cnn(-c2ccccc2)c1)N1CCC(c2nc3ccccc3o2)CC1. The summed E-state index contributed by atoms with van der Waals surface area (Å²) in [5, 5.41) is 7.44. The van der Waals surface area contributed by atoms with Gasteiger partial charge in [-0.25, -0.2) is 14.5 Å². The van der Waals surface area contributed by atoms with Gasteiger partial charge in [0, 0.05) is 31.7 Å². The number of aromatic nitrogens is 3. The van der Waals surface area contributed by atoms with Crippen LogP contribution in [0.5, 0.6) is 0 Å². The molecule has 1 fully saturated rings. The summed E-state index contributed by atoms with van der Waals surface area (Å²) >= 11 is 0. The van der Waals surface area contributed by atoms with Crippen LogP contribution in [0.4, 0.5) is 4.79 Å². The lowest BCUT2D eigenvalue weighted by molar-refractivity contribution is 0.178. The van der Waals surface area contributed by atoms with E-state index in [9.17, 15) is 4.79 Å². The number of para-hydroxylation sites is 3. The number of rotatable bonds is 5. The van der Waals surface area contributed by atoms with Gasteiger partial charge in [-0.2, -0.15) is 5.10 Å². The Balaban J connectivity index is 1.09. The number of hydrogen-bond acceptors (Lipinski definition) is 4. The third-order valence-electron chi connectivity index (χ3n) is 5.79. The van der Waals surface area contributed by atoms with Crippen LogP contribution in [0.25, 0.3) is 16.8 Å². The number of likely N-dealkylation sites (tertiary alicyclic amines) is 1. The Labute approximate surface area is 180 Å². The van der Waals surface area contributed by atoms with E-state index in [1.807, 2.05) is 76.6 Å². The maximum Gasteiger partial charge on any atom is 0.317 e. The molecule has 1 saturated heterocycles. The number of urea groups is 1. The van der Waals surface area contributed by atoms with Crippen molar-refractivity contribution in [2.45, 2.75) is 25.2 Å². The molecule has 5 rings (SSSR count). The van der Waals surface area contributed by atoms with Crippen LogP contribution in [-0.4, -0.2) is 45.3 Å². The van der Waals surface area contributed by atoms with Crippen molar-refractivity contribution in [1.29, 1.82) is 0 Å². The summed E-state index contributed by atoms with van der Waals surface area (Å²) in [4.78, 5) is 19.1. The average Bonchev–Trinajstić information content (AvgIpc) is 3.47. The van der Waals surface area contributed by atoms with Gasteiger partial charge in [-0.3, -0.25) is 0 Å². The van der Waals surface area contributed by atoms with Gasteiger partial charge in [0.2, 0.25) is 0 Å². The number of nitrogens with zero attached hydrogens (tertiary/aromatic N) is 4. The first-order chi connectivity index (χ1) is 15.3. The van der Waals surface area contributed by atoms with Crippen molar-refractivity contribution in [3.05, 3.63) is 78.4 Å². The summed E-state index contributed by atoms with van der Waals surface area (Å²) in [6.45, 7) is 2.01. The lowest BCUT2D eigenvalue weighted by Crippen LogP contribution is -2.44. The number of oxazole rings is 1. The topological polar surface area (TPSA) is 76.2 Å². The number of nitrogens with one attached hydrogen (secondary N) is 1. The van der Waals surface area contributed by atoms with E-state index in [1.165, 1.54) is 0 Å². The Bertz CT molecular complexity index is 1130. The Morgan fingerprint density at radius 3 is 2.65 bits per heavy atom. The molecule has 3 heterocycles. The highest BCUT2D eigenvalue weighted by Crippen LogP contribution is 2.29. The van der Waals surface area contributed by atoms with Crippen LogP contribution in [-0.2, 0) is 6.42 Å². The quantitative estimate of drug-likeness (QED) is 0.531. The first kappa shape index (κ1) is 19.4. The lowest BCUT2D eigenvalue weighted by atomic mass is 9.97. The second-order valence-corrected chi connectivity index (χ2v) is 7.89. The lowest BCUT2D eigenvalue weighted by Gasteiger charge is -2.30. The van der Waals surface area contributed by atoms with Gasteiger partial charge in [-0.15, -0.1) is 0 Å². The van der Waals surface area contributed by atoms with Crippen molar-refractivity contribution < 1.29 is 9.21 Å². The molecule has 0 radical (unpaired) electrons. The highest BCUT2D eigenvalue weighted by molar-refractivity contribution is 5.74. The van der Waals surface area contributed by atoms with Gasteiger partial charge in [0.05, 0.1) is 11.9 Å². The fourth-order valence-corrected chi connectivity index (χ4v) is 4.03. The molecule has 2 amide bonds. The van der Waals surface area contributed by atoms with Crippen LogP contribution in [0.15, 0.2) is 71.4 Å². The van der Waals surface area contributed by atoms with Gasteiger partial charge < -0.3 is 14.6 Å². The van der Waals surface area contributed by atoms with Crippen LogP contribution in [0.2, 0.25) is 0 Å². The Kier molecular flexibility index (Phi) is 5.39. The highest BCUT2D eigenvalue weighted by atomic mass is 16.3. The molecule has 2 aromatic heterocycles. The smallest absolute Gasteiger partial charge is 0.317 e. The Morgan fingerprint density at radius 1 is 1.06 bits per heavy atom.